The molecule has 0 unspecified atom stereocenters. The van der Waals surface area contributed by atoms with E-state index in [9.17, 15) is 18.4 Å². The van der Waals surface area contributed by atoms with Crippen LogP contribution in [0.5, 0.6) is 0 Å². The number of amides is 1. The number of aromatic nitrogens is 3. The summed E-state index contributed by atoms with van der Waals surface area (Å²) in [6.45, 7) is 3.29. The van der Waals surface area contributed by atoms with Crippen molar-refractivity contribution in [3.63, 3.8) is 0 Å². The Morgan fingerprint density at radius 2 is 1.91 bits per heavy atom. The number of piperazine rings is 1. The predicted molar refractivity (Wildman–Crippen MR) is 121 cm³/mol. The first kappa shape index (κ1) is 21.1. The van der Waals surface area contributed by atoms with Gasteiger partial charge >= 0.3 is 0 Å². The van der Waals surface area contributed by atoms with Gasteiger partial charge in [-0.05, 0) is 24.3 Å². The molecule has 1 saturated heterocycles. The normalized spacial score (nSPS) is 14.8. The molecule has 8 nitrogen and oxygen atoms in total. The van der Waals surface area contributed by atoms with Crippen molar-refractivity contribution in [1.82, 2.24) is 24.6 Å². The van der Waals surface area contributed by atoms with Gasteiger partial charge in [0.2, 0.25) is 0 Å². The summed E-state index contributed by atoms with van der Waals surface area (Å²) in [5.74, 6) is -1.27. The third-order valence-corrected chi connectivity index (χ3v) is 6.06. The first-order valence-corrected chi connectivity index (χ1v) is 10.6. The molecular formula is C23H22F2N6O2. The van der Waals surface area contributed by atoms with Crippen LogP contribution in [0.25, 0.3) is 16.6 Å². The fourth-order valence-corrected chi connectivity index (χ4v) is 4.28. The van der Waals surface area contributed by atoms with E-state index in [4.69, 9.17) is 0 Å². The number of carbonyl (C=O) groups is 1. The SMILES string of the molecule is CNC(=O)c1ccc(N2CCN(Cc3cc4[nH]c(=O)c5c(F)ccn5c4cc3F)CC2)cn1. The van der Waals surface area contributed by atoms with Crippen molar-refractivity contribution >= 4 is 28.1 Å². The number of rotatable bonds is 4. The van der Waals surface area contributed by atoms with E-state index in [2.05, 4.69) is 25.1 Å². The predicted octanol–water partition coefficient (Wildman–Crippen LogP) is 2.14. The molecule has 3 aromatic heterocycles. The molecule has 0 aliphatic carbocycles. The number of nitrogens with one attached hydrogen (secondary N) is 2. The van der Waals surface area contributed by atoms with Crippen LogP contribution in [0.3, 0.4) is 0 Å². The summed E-state index contributed by atoms with van der Waals surface area (Å²) in [6, 6.07) is 7.72. The standard InChI is InChI=1S/C23H22F2N6O2/c1-26-22(32)18-3-2-15(12-27-18)30-8-6-29(7-9-30)13-14-10-19-20(11-17(14)25)31-5-4-16(24)21(31)23(33)28-19/h2-5,10-12H,6-9,13H2,1H3,(H,26,32)(H,28,33). The Hall–Kier alpha value is -3.79. The van der Waals surface area contributed by atoms with Crippen LogP contribution in [-0.4, -0.2) is 58.4 Å². The third kappa shape index (κ3) is 3.82. The molecule has 33 heavy (non-hydrogen) atoms. The summed E-state index contributed by atoms with van der Waals surface area (Å²) in [5, 5.41) is 2.55. The number of halogens is 2. The van der Waals surface area contributed by atoms with Gasteiger partial charge in [-0.25, -0.2) is 13.8 Å². The number of pyridine rings is 1. The highest BCUT2D eigenvalue weighted by Crippen LogP contribution is 2.22. The Kier molecular flexibility index (Phi) is 5.29. The Balaban J connectivity index is 1.31. The summed E-state index contributed by atoms with van der Waals surface area (Å²) < 4.78 is 30.2. The van der Waals surface area contributed by atoms with E-state index < -0.39 is 17.2 Å². The van der Waals surface area contributed by atoms with Crippen molar-refractivity contribution in [3.05, 3.63) is 76.0 Å². The zero-order chi connectivity index (χ0) is 23.1. The maximum absolute atomic E-state index is 14.9. The summed E-state index contributed by atoms with van der Waals surface area (Å²) in [5.41, 5.74) is 1.96. The minimum Gasteiger partial charge on any atom is -0.368 e. The lowest BCUT2D eigenvalue weighted by Gasteiger charge is -2.36. The highest BCUT2D eigenvalue weighted by atomic mass is 19.1. The number of benzene rings is 1. The van der Waals surface area contributed by atoms with E-state index in [1.54, 1.807) is 25.4 Å². The van der Waals surface area contributed by atoms with Crippen molar-refractivity contribution < 1.29 is 13.6 Å². The molecule has 1 aliphatic heterocycles. The summed E-state index contributed by atoms with van der Waals surface area (Å²) in [6.07, 6.45) is 3.11. The van der Waals surface area contributed by atoms with Gasteiger partial charge in [0.05, 0.1) is 22.9 Å². The first-order chi connectivity index (χ1) is 15.9. The van der Waals surface area contributed by atoms with E-state index in [0.717, 1.165) is 18.8 Å². The van der Waals surface area contributed by atoms with Gasteiger partial charge in [-0.2, -0.15) is 0 Å². The monoisotopic (exact) mass is 452 g/mol. The minimum absolute atomic E-state index is 0.122. The van der Waals surface area contributed by atoms with E-state index in [1.165, 1.54) is 22.7 Å². The van der Waals surface area contributed by atoms with E-state index in [0.29, 0.717) is 41.9 Å². The highest BCUT2D eigenvalue weighted by molar-refractivity contribution is 5.92. The number of carbonyl (C=O) groups excluding carboxylic acids is 1. The Labute approximate surface area is 187 Å². The van der Waals surface area contributed by atoms with Crippen LogP contribution in [0.1, 0.15) is 16.1 Å². The fourth-order valence-electron chi connectivity index (χ4n) is 4.28. The Morgan fingerprint density at radius 1 is 1.12 bits per heavy atom. The van der Waals surface area contributed by atoms with Crippen molar-refractivity contribution in [3.8, 4) is 0 Å². The van der Waals surface area contributed by atoms with Gasteiger partial charge < -0.3 is 19.6 Å². The number of aromatic amines is 1. The molecule has 0 spiro atoms. The van der Waals surface area contributed by atoms with Crippen molar-refractivity contribution in [2.45, 2.75) is 6.54 Å². The number of nitrogens with zero attached hydrogens (tertiary/aromatic N) is 4. The number of hydrogen-bond acceptors (Lipinski definition) is 5. The molecule has 4 heterocycles. The zero-order valence-electron chi connectivity index (χ0n) is 17.9. The molecule has 0 saturated carbocycles. The van der Waals surface area contributed by atoms with Gasteiger partial charge in [0.15, 0.2) is 5.82 Å². The molecule has 1 aliphatic rings. The molecule has 1 fully saturated rings. The van der Waals surface area contributed by atoms with Crippen LogP contribution in [0.15, 0.2) is 47.5 Å². The first-order valence-electron chi connectivity index (χ1n) is 10.6. The molecule has 1 aromatic carbocycles. The summed E-state index contributed by atoms with van der Waals surface area (Å²) in [7, 11) is 1.56. The van der Waals surface area contributed by atoms with Crippen LogP contribution in [-0.2, 0) is 6.54 Å². The second-order valence-corrected chi connectivity index (χ2v) is 8.04. The molecule has 10 heteroatoms. The quantitative estimate of drug-likeness (QED) is 0.496. The van der Waals surface area contributed by atoms with Crippen LogP contribution in [0.4, 0.5) is 14.5 Å². The van der Waals surface area contributed by atoms with E-state index in [-0.39, 0.29) is 11.4 Å². The lowest BCUT2D eigenvalue weighted by Crippen LogP contribution is -2.46. The topological polar surface area (TPSA) is 85.7 Å². The highest BCUT2D eigenvalue weighted by Gasteiger charge is 2.20. The Morgan fingerprint density at radius 3 is 2.61 bits per heavy atom. The number of fused-ring (bicyclic) bond motifs is 3. The van der Waals surface area contributed by atoms with Gasteiger partial charge in [-0.3, -0.25) is 14.5 Å². The van der Waals surface area contributed by atoms with Crippen molar-refractivity contribution in [2.24, 2.45) is 0 Å². The average Bonchev–Trinajstić information content (AvgIpc) is 3.23. The summed E-state index contributed by atoms with van der Waals surface area (Å²) in [4.78, 5) is 35.1. The van der Waals surface area contributed by atoms with Crippen LogP contribution in [0, 0.1) is 11.6 Å². The molecule has 2 N–H and O–H groups in total. The second kappa shape index (κ2) is 8.28. The molecule has 1 amide bonds. The Bertz CT molecular complexity index is 1400. The van der Waals surface area contributed by atoms with E-state index in [1.807, 2.05) is 6.07 Å². The van der Waals surface area contributed by atoms with Gasteiger partial charge in [0, 0.05) is 57.6 Å². The largest absolute Gasteiger partial charge is 0.368 e. The van der Waals surface area contributed by atoms with Crippen molar-refractivity contribution in [1.29, 1.82) is 0 Å². The smallest absolute Gasteiger partial charge is 0.275 e. The lowest BCUT2D eigenvalue weighted by atomic mass is 10.1. The molecule has 0 radical (unpaired) electrons. The van der Waals surface area contributed by atoms with Gasteiger partial charge in [0.1, 0.15) is 17.0 Å². The van der Waals surface area contributed by atoms with Crippen LogP contribution in [0.2, 0.25) is 0 Å². The molecule has 0 atom stereocenters. The van der Waals surface area contributed by atoms with E-state index >= 15 is 0 Å². The average molecular weight is 452 g/mol. The van der Waals surface area contributed by atoms with Gasteiger partial charge in [-0.1, -0.05) is 0 Å². The number of H-pyrrole nitrogens is 1. The lowest BCUT2D eigenvalue weighted by molar-refractivity contribution is 0.0958. The maximum Gasteiger partial charge on any atom is 0.275 e. The van der Waals surface area contributed by atoms with Gasteiger partial charge in [0.25, 0.3) is 11.5 Å². The van der Waals surface area contributed by atoms with Crippen LogP contribution < -0.4 is 15.8 Å². The minimum atomic E-state index is -0.640. The van der Waals surface area contributed by atoms with Crippen molar-refractivity contribution in [2.75, 3.05) is 38.1 Å². The fraction of sp³-hybridized carbons (Fsp3) is 0.261. The second-order valence-electron chi connectivity index (χ2n) is 8.04. The molecule has 4 aromatic rings. The number of hydrogen-bond donors (Lipinski definition) is 2. The molecule has 5 rings (SSSR count). The molecular weight excluding hydrogens is 430 g/mol. The summed E-state index contributed by atoms with van der Waals surface area (Å²) >= 11 is 0. The zero-order valence-corrected chi connectivity index (χ0v) is 17.9. The maximum atomic E-state index is 14.9. The number of anilines is 1. The van der Waals surface area contributed by atoms with Crippen LogP contribution >= 0.6 is 0 Å². The third-order valence-electron chi connectivity index (χ3n) is 6.06. The molecule has 170 valence electrons. The van der Waals surface area contributed by atoms with Gasteiger partial charge in [-0.15, -0.1) is 0 Å². The molecule has 0 bridgehead atoms.